The average Bonchev–Trinajstić information content (AvgIpc) is 2.41. The molecular formula is C14H21BrN2O2S. The Balaban J connectivity index is 2.12. The van der Waals surface area contributed by atoms with Crippen LogP contribution >= 0.6 is 15.9 Å². The number of halogens is 1. The van der Waals surface area contributed by atoms with Crippen LogP contribution < -0.4 is 4.72 Å². The molecule has 1 heterocycles. The lowest BCUT2D eigenvalue weighted by Crippen LogP contribution is -2.47. The van der Waals surface area contributed by atoms with Crippen molar-refractivity contribution in [2.45, 2.75) is 37.6 Å². The van der Waals surface area contributed by atoms with E-state index in [2.05, 4.69) is 32.5 Å². The third-order valence-electron chi connectivity index (χ3n) is 3.71. The maximum atomic E-state index is 12.4. The number of hydrogen-bond acceptors (Lipinski definition) is 3. The molecule has 1 aromatic carbocycles. The minimum absolute atomic E-state index is 0.0117. The lowest BCUT2D eigenvalue weighted by Gasteiger charge is -2.32. The minimum Gasteiger partial charge on any atom is -0.302 e. The average molecular weight is 361 g/mol. The van der Waals surface area contributed by atoms with E-state index >= 15 is 0 Å². The van der Waals surface area contributed by atoms with Crippen LogP contribution in [0.5, 0.6) is 0 Å². The summed E-state index contributed by atoms with van der Waals surface area (Å²) in [6.07, 6.45) is 1.95. The Kier molecular flexibility index (Phi) is 5.23. The highest BCUT2D eigenvalue weighted by Crippen LogP contribution is 2.21. The van der Waals surface area contributed by atoms with Crippen molar-refractivity contribution in [2.75, 3.05) is 19.6 Å². The van der Waals surface area contributed by atoms with Gasteiger partial charge in [-0.25, -0.2) is 13.1 Å². The summed E-state index contributed by atoms with van der Waals surface area (Å²) >= 11 is 3.39. The number of likely N-dealkylation sites (tertiary alicyclic amines) is 1. The van der Waals surface area contributed by atoms with E-state index in [1.807, 2.05) is 6.92 Å². The molecule has 0 spiro atoms. The van der Waals surface area contributed by atoms with Crippen LogP contribution in [0.4, 0.5) is 0 Å². The van der Waals surface area contributed by atoms with Crippen LogP contribution in [0.3, 0.4) is 0 Å². The van der Waals surface area contributed by atoms with Crippen LogP contribution in [-0.2, 0) is 10.0 Å². The molecule has 1 aliphatic heterocycles. The van der Waals surface area contributed by atoms with E-state index in [-0.39, 0.29) is 6.04 Å². The summed E-state index contributed by atoms with van der Waals surface area (Å²) < 4.78 is 28.6. The molecule has 1 fully saturated rings. The van der Waals surface area contributed by atoms with Gasteiger partial charge in [0.1, 0.15) is 0 Å². The molecule has 20 heavy (non-hydrogen) atoms. The second-order valence-corrected chi connectivity index (χ2v) is 7.83. The van der Waals surface area contributed by atoms with Crippen LogP contribution in [0.25, 0.3) is 0 Å². The van der Waals surface area contributed by atoms with Gasteiger partial charge in [-0.05, 0) is 56.6 Å². The van der Waals surface area contributed by atoms with E-state index in [4.69, 9.17) is 0 Å². The zero-order valence-corrected chi connectivity index (χ0v) is 14.3. The van der Waals surface area contributed by atoms with Gasteiger partial charge in [0, 0.05) is 17.1 Å². The molecule has 4 nitrogen and oxygen atoms in total. The fraction of sp³-hybridized carbons (Fsp3) is 0.571. The minimum atomic E-state index is -3.43. The van der Waals surface area contributed by atoms with Crippen molar-refractivity contribution in [1.29, 1.82) is 0 Å². The second kappa shape index (κ2) is 6.56. The summed E-state index contributed by atoms with van der Waals surface area (Å²) in [6.45, 7) is 6.82. The predicted octanol–water partition coefficient (Wildman–Crippen LogP) is 2.52. The van der Waals surface area contributed by atoms with Crippen molar-refractivity contribution < 1.29 is 8.42 Å². The monoisotopic (exact) mass is 360 g/mol. The van der Waals surface area contributed by atoms with Gasteiger partial charge in [-0.1, -0.05) is 22.9 Å². The Morgan fingerprint density at radius 1 is 1.45 bits per heavy atom. The molecule has 0 aliphatic carbocycles. The zero-order chi connectivity index (χ0) is 14.8. The van der Waals surface area contributed by atoms with Crippen molar-refractivity contribution in [3.63, 3.8) is 0 Å². The molecule has 6 heteroatoms. The second-order valence-electron chi connectivity index (χ2n) is 5.26. The molecule has 0 bridgehead atoms. The lowest BCUT2D eigenvalue weighted by molar-refractivity contribution is 0.211. The van der Waals surface area contributed by atoms with Gasteiger partial charge < -0.3 is 4.90 Å². The number of rotatable bonds is 4. The Morgan fingerprint density at radius 2 is 2.20 bits per heavy atom. The summed E-state index contributed by atoms with van der Waals surface area (Å²) in [5, 5.41) is 0. The van der Waals surface area contributed by atoms with E-state index in [1.165, 1.54) is 0 Å². The van der Waals surface area contributed by atoms with Crippen LogP contribution in [0.1, 0.15) is 25.3 Å². The van der Waals surface area contributed by atoms with Gasteiger partial charge in [-0.3, -0.25) is 0 Å². The number of sulfonamides is 1. The number of hydrogen-bond donors (Lipinski definition) is 1. The number of nitrogens with one attached hydrogen (secondary N) is 1. The molecule has 1 N–H and O–H groups in total. The first-order valence-electron chi connectivity index (χ1n) is 6.93. The Labute approximate surface area is 129 Å². The van der Waals surface area contributed by atoms with Gasteiger partial charge in [-0.15, -0.1) is 0 Å². The van der Waals surface area contributed by atoms with Gasteiger partial charge in [0.15, 0.2) is 0 Å². The van der Waals surface area contributed by atoms with E-state index in [1.54, 1.807) is 18.2 Å². The van der Waals surface area contributed by atoms with Crippen molar-refractivity contribution >= 4 is 26.0 Å². The summed E-state index contributed by atoms with van der Waals surface area (Å²) in [7, 11) is -3.43. The fourth-order valence-electron chi connectivity index (χ4n) is 2.51. The molecule has 0 aromatic heterocycles. The molecule has 2 rings (SSSR count). The van der Waals surface area contributed by atoms with Crippen molar-refractivity contribution in [1.82, 2.24) is 9.62 Å². The highest BCUT2D eigenvalue weighted by atomic mass is 79.9. The van der Waals surface area contributed by atoms with Crippen molar-refractivity contribution in [2.24, 2.45) is 0 Å². The maximum Gasteiger partial charge on any atom is 0.240 e. The molecule has 1 atom stereocenters. The fourth-order valence-corrected chi connectivity index (χ4v) is 4.10. The molecule has 0 radical (unpaired) electrons. The SMILES string of the molecule is CCN1CCC[C@@H](NS(=O)(=O)c2ccc(Br)c(C)c2)C1. The third kappa shape index (κ3) is 3.81. The first kappa shape index (κ1) is 15.9. The summed E-state index contributed by atoms with van der Waals surface area (Å²) in [5.41, 5.74) is 0.923. The standard InChI is InChI=1S/C14H21BrN2O2S/c1-3-17-8-4-5-12(10-17)16-20(18,19)13-6-7-14(15)11(2)9-13/h6-7,9,12,16H,3-5,8,10H2,1-2H3/t12-/m1/s1. The molecule has 1 aliphatic rings. The first-order valence-corrected chi connectivity index (χ1v) is 9.21. The van der Waals surface area contributed by atoms with E-state index in [0.29, 0.717) is 4.90 Å². The van der Waals surface area contributed by atoms with E-state index < -0.39 is 10.0 Å². The molecule has 0 saturated carbocycles. The predicted molar refractivity (Wildman–Crippen MR) is 84.3 cm³/mol. The number of piperidine rings is 1. The molecule has 1 aromatic rings. The number of aryl methyl sites for hydroxylation is 1. The summed E-state index contributed by atoms with van der Waals surface area (Å²) in [4.78, 5) is 2.62. The Bertz CT molecular complexity index is 575. The van der Waals surface area contributed by atoms with E-state index in [9.17, 15) is 8.42 Å². The first-order chi connectivity index (χ1) is 9.42. The van der Waals surface area contributed by atoms with Crippen molar-refractivity contribution in [3.8, 4) is 0 Å². The van der Waals surface area contributed by atoms with Crippen molar-refractivity contribution in [3.05, 3.63) is 28.2 Å². The van der Waals surface area contributed by atoms with Gasteiger partial charge in [0.05, 0.1) is 4.90 Å². The highest BCUT2D eigenvalue weighted by molar-refractivity contribution is 9.10. The molecule has 1 saturated heterocycles. The largest absolute Gasteiger partial charge is 0.302 e. The van der Waals surface area contributed by atoms with Gasteiger partial charge in [-0.2, -0.15) is 0 Å². The summed E-state index contributed by atoms with van der Waals surface area (Å²) in [5.74, 6) is 0. The lowest BCUT2D eigenvalue weighted by atomic mass is 10.1. The van der Waals surface area contributed by atoms with Gasteiger partial charge in [0.25, 0.3) is 0 Å². The van der Waals surface area contributed by atoms with Gasteiger partial charge in [0.2, 0.25) is 10.0 Å². The van der Waals surface area contributed by atoms with Crippen LogP contribution in [0, 0.1) is 6.92 Å². The van der Waals surface area contributed by atoms with Crippen LogP contribution in [0.2, 0.25) is 0 Å². The third-order valence-corrected chi connectivity index (χ3v) is 6.12. The normalized spacial score (nSPS) is 21.1. The Morgan fingerprint density at radius 3 is 2.85 bits per heavy atom. The topological polar surface area (TPSA) is 49.4 Å². The maximum absolute atomic E-state index is 12.4. The number of likely N-dealkylation sites (N-methyl/N-ethyl adjacent to an activating group) is 1. The summed E-state index contributed by atoms with van der Waals surface area (Å²) in [6, 6.07) is 5.13. The quantitative estimate of drug-likeness (QED) is 0.897. The number of benzene rings is 1. The van der Waals surface area contributed by atoms with Gasteiger partial charge >= 0.3 is 0 Å². The van der Waals surface area contributed by atoms with Crippen LogP contribution in [-0.4, -0.2) is 39.0 Å². The highest BCUT2D eigenvalue weighted by Gasteiger charge is 2.24. The molecular weight excluding hydrogens is 340 g/mol. The molecule has 0 amide bonds. The van der Waals surface area contributed by atoms with E-state index in [0.717, 1.165) is 42.5 Å². The molecule has 0 unspecified atom stereocenters. The van der Waals surface area contributed by atoms with Crippen LogP contribution in [0.15, 0.2) is 27.6 Å². The Hall–Kier alpha value is -0.430. The molecule has 112 valence electrons. The number of nitrogens with zero attached hydrogens (tertiary/aromatic N) is 1. The zero-order valence-electron chi connectivity index (χ0n) is 11.9. The smallest absolute Gasteiger partial charge is 0.240 e.